The number of carbonyl (C=O) groups is 2. The second-order valence-electron chi connectivity index (χ2n) is 11.3. The van der Waals surface area contributed by atoms with E-state index in [-0.39, 0.29) is 24.3 Å². The molecule has 9 heteroatoms. The molecule has 0 bridgehead atoms. The van der Waals surface area contributed by atoms with E-state index in [9.17, 15) is 9.59 Å². The van der Waals surface area contributed by atoms with Crippen LogP contribution in [0.4, 0.5) is 0 Å². The van der Waals surface area contributed by atoms with Crippen LogP contribution in [-0.4, -0.2) is 38.3 Å². The van der Waals surface area contributed by atoms with E-state index in [1.807, 2.05) is 31.2 Å². The number of benzene rings is 1. The summed E-state index contributed by atoms with van der Waals surface area (Å²) >= 11 is 7.90. The number of halogens is 1. The van der Waals surface area contributed by atoms with Crippen molar-refractivity contribution < 1.29 is 14.3 Å². The Labute approximate surface area is 257 Å². The summed E-state index contributed by atoms with van der Waals surface area (Å²) in [4.78, 5) is 32.0. The molecule has 0 N–H and O–H groups in total. The van der Waals surface area contributed by atoms with E-state index in [0.29, 0.717) is 23.7 Å². The maximum Gasteiger partial charge on any atom is 0.306 e. The molecule has 1 aliphatic carbocycles. The highest BCUT2D eigenvalue weighted by molar-refractivity contribution is 7.15. The Kier molecular flexibility index (Phi) is 10.1. The number of hydrogen-bond acceptors (Lipinski definition) is 7. The van der Waals surface area contributed by atoms with Crippen LogP contribution in [0, 0.1) is 20.8 Å². The Hall–Kier alpha value is -3.10. The molecular formula is C33H39ClN4O3S. The van der Waals surface area contributed by atoms with Gasteiger partial charge in [0.25, 0.3) is 0 Å². The molecule has 1 unspecified atom stereocenters. The maximum atomic E-state index is 13.2. The number of esters is 1. The number of ether oxygens (including phenoxy) is 1. The lowest BCUT2D eigenvalue weighted by atomic mass is 9.99. The van der Waals surface area contributed by atoms with Crippen LogP contribution >= 0.6 is 22.9 Å². The molecule has 0 saturated heterocycles. The molecule has 0 saturated carbocycles. The first-order valence-electron chi connectivity index (χ1n) is 15.0. The van der Waals surface area contributed by atoms with Crippen LogP contribution in [0.15, 0.2) is 41.4 Å². The minimum Gasteiger partial charge on any atom is -0.462 e. The Bertz CT molecular complexity index is 1490. The Balaban J connectivity index is 1.23. The van der Waals surface area contributed by atoms with Crippen molar-refractivity contribution >= 4 is 40.4 Å². The second-order valence-corrected chi connectivity index (χ2v) is 12.9. The Morgan fingerprint density at radius 1 is 1.00 bits per heavy atom. The molecule has 0 amide bonds. The molecule has 42 heavy (non-hydrogen) atoms. The van der Waals surface area contributed by atoms with Crippen molar-refractivity contribution in [2.24, 2.45) is 4.99 Å². The highest BCUT2D eigenvalue weighted by Gasteiger charge is 2.32. The standard InChI is InChI=1S/C33H39ClN4O3S/c1-21-22(2)42-33-30(21)31(24-16-18-25(34)19-17-24)35-28(32-37-36-23(3)38(32)33)20-26(39)12-8-7-11-15-29(40)41-27-13-9-5-4-6-10-14-27/h4-5,16-19,27-28H,6-15,20H2,1-3H3/b5-4+/t27?,28-/m0/s1. The van der Waals surface area contributed by atoms with Crippen molar-refractivity contribution in [3.63, 3.8) is 0 Å². The molecule has 2 aromatic heterocycles. The molecule has 3 aromatic rings. The average Bonchev–Trinajstić information content (AvgIpc) is 3.42. The second kappa shape index (κ2) is 13.9. The van der Waals surface area contributed by atoms with Crippen molar-refractivity contribution in [2.75, 3.05) is 0 Å². The largest absolute Gasteiger partial charge is 0.462 e. The van der Waals surface area contributed by atoms with Gasteiger partial charge in [0, 0.05) is 40.3 Å². The van der Waals surface area contributed by atoms with E-state index < -0.39 is 6.04 Å². The van der Waals surface area contributed by atoms with Gasteiger partial charge in [-0.3, -0.25) is 19.1 Å². The van der Waals surface area contributed by atoms with Crippen molar-refractivity contribution in [1.82, 2.24) is 14.8 Å². The van der Waals surface area contributed by atoms with Gasteiger partial charge >= 0.3 is 5.97 Å². The molecule has 0 fully saturated rings. The van der Waals surface area contributed by atoms with E-state index in [2.05, 4.69) is 40.8 Å². The van der Waals surface area contributed by atoms with Crippen molar-refractivity contribution in [2.45, 2.75) is 104 Å². The van der Waals surface area contributed by atoms with E-state index >= 15 is 0 Å². The summed E-state index contributed by atoms with van der Waals surface area (Å²) in [7, 11) is 0. The first-order valence-corrected chi connectivity index (χ1v) is 16.2. The zero-order valence-electron chi connectivity index (χ0n) is 24.7. The summed E-state index contributed by atoms with van der Waals surface area (Å²) in [6.07, 6.45) is 12.7. The van der Waals surface area contributed by atoms with Gasteiger partial charge in [0.1, 0.15) is 28.8 Å². The molecule has 2 aliphatic rings. The van der Waals surface area contributed by atoms with Crippen LogP contribution in [0.3, 0.4) is 0 Å². The summed E-state index contributed by atoms with van der Waals surface area (Å²) in [6.45, 7) is 6.17. The predicted molar refractivity (Wildman–Crippen MR) is 168 cm³/mol. The fourth-order valence-corrected chi connectivity index (χ4v) is 7.05. The van der Waals surface area contributed by atoms with Gasteiger partial charge in [-0.1, -0.05) is 42.3 Å². The number of ketones is 1. The van der Waals surface area contributed by atoms with Crippen LogP contribution in [0.5, 0.6) is 0 Å². The lowest BCUT2D eigenvalue weighted by Gasteiger charge is -2.18. The number of hydrogen-bond donors (Lipinski definition) is 0. The van der Waals surface area contributed by atoms with Gasteiger partial charge in [0.2, 0.25) is 0 Å². The van der Waals surface area contributed by atoms with Gasteiger partial charge in [-0.05, 0) is 83.4 Å². The Morgan fingerprint density at radius 3 is 2.57 bits per heavy atom. The van der Waals surface area contributed by atoms with Gasteiger partial charge in [0.15, 0.2) is 5.82 Å². The minimum atomic E-state index is -0.447. The van der Waals surface area contributed by atoms with E-state index in [4.69, 9.17) is 21.3 Å². The summed E-state index contributed by atoms with van der Waals surface area (Å²) in [5, 5.41) is 10.6. The fraction of sp³-hybridized carbons (Fsp3) is 0.485. The predicted octanol–water partition coefficient (Wildman–Crippen LogP) is 8.14. The van der Waals surface area contributed by atoms with Crippen molar-refractivity contribution in [3.8, 4) is 5.00 Å². The van der Waals surface area contributed by atoms with Crippen molar-refractivity contribution in [3.05, 3.63) is 74.7 Å². The zero-order chi connectivity index (χ0) is 29.6. The Morgan fingerprint density at radius 2 is 1.76 bits per heavy atom. The number of aromatic nitrogens is 3. The first-order chi connectivity index (χ1) is 20.3. The van der Waals surface area contributed by atoms with Crippen LogP contribution < -0.4 is 0 Å². The topological polar surface area (TPSA) is 86.4 Å². The molecule has 5 rings (SSSR count). The van der Waals surface area contributed by atoms with Crippen LogP contribution in [0.2, 0.25) is 5.02 Å². The summed E-state index contributed by atoms with van der Waals surface area (Å²) < 4.78 is 7.79. The number of aliphatic imine (C=N–C) groups is 1. The van der Waals surface area contributed by atoms with Crippen molar-refractivity contribution in [1.29, 1.82) is 0 Å². The highest BCUT2D eigenvalue weighted by Crippen LogP contribution is 2.39. The lowest BCUT2D eigenvalue weighted by molar-refractivity contribution is -0.149. The summed E-state index contributed by atoms with van der Waals surface area (Å²) in [5.41, 5.74) is 4.03. The number of carbonyl (C=O) groups excluding carboxylic acids is 2. The number of aryl methyl sites for hydroxylation is 2. The van der Waals surface area contributed by atoms with Crippen LogP contribution in [-0.2, 0) is 14.3 Å². The number of thiophene rings is 1. The van der Waals surface area contributed by atoms with E-state index in [1.165, 1.54) is 10.4 Å². The van der Waals surface area contributed by atoms with Gasteiger partial charge in [0.05, 0.1) is 5.71 Å². The molecule has 0 radical (unpaired) electrons. The number of fused-ring (bicyclic) bond motifs is 3. The third kappa shape index (κ3) is 7.09. The number of unbranched alkanes of at least 4 members (excludes halogenated alkanes) is 2. The maximum absolute atomic E-state index is 13.2. The molecule has 0 spiro atoms. The van der Waals surface area contributed by atoms with Gasteiger partial charge < -0.3 is 4.74 Å². The molecule has 1 aromatic carbocycles. The van der Waals surface area contributed by atoms with Crippen LogP contribution in [0.1, 0.15) is 110 Å². The fourth-order valence-electron chi connectivity index (χ4n) is 5.71. The zero-order valence-corrected chi connectivity index (χ0v) is 26.3. The SMILES string of the molecule is Cc1sc2c(c1C)C(c1ccc(Cl)cc1)=N[C@@H](CC(=O)CCCCCC(=O)OC1CC/C=C/CCC1)c1nnc(C)n1-2. The van der Waals surface area contributed by atoms with Gasteiger partial charge in [-0.2, -0.15) is 0 Å². The number of Topliss-reactive ketones (excluding diaryl/α,β-unsaturated/α-hetero) is 1. The number of rotatable bonds is 10. The average molecular weight is 607 g/mol. The third-order valence-corrected chi connectivity index (χ3v) is 9.58. The highest BCUT2D eigenvalue weighted by atomic mass is 35.5. The lowest BCUT2D eigenvalue weighted by Crippen LogP contribution is -2.18. The minimum absolute atomic E-state index is 0.0325. The van der Waals surface area contributed by atoms with E-state index in [1.54, 1.807) is 11.3 Å². The molecule has 222 valence electrons. The monoisotopic (exact) mass is 606 g/mol. The molecule has 1 aliphatic heterocycles. The molecular weight excluding hydrogens is 568 g/mol. The first kappa shape index (κ1) is 30.4. The number of allylic oxidation sites excluding steroid dienone is 2. The third-order valence-electron chi connectivity index (χ3n) is 8.13. The van der Waals surface area contributed by atoms with Gasteiger partial charge in [-0.25, -0.2) is 0 Å². The molecule has 3 heterocycles. The summed E-state index contributed by atoms with van der Waals surface area (Å²) in [5.74, 6) is 1.49. The normalized spacial score (nSPS) is 19.1. The summed E-state index contributed by atoms with van der Waals surface area (Å²) in [6, 6.07) is 7.25. The van der Waals surface area contributed by atoms with Crippen LogP contribution in [0.25, 0.3) is 5.00 Å². The quantitative estimate of drug-likeness (QED) is 0.132. The van der Waals surface area contributed by atoms with Gasteiger partial charge in [-0.15, -0.1) is 21.5 Å². The van der Waals surface area contributed by atoms with E-state index in [0.717, 1.165) is 79.0 Å². The molecule has 2 atom stereocenters. The number of nitrogens with zero attached hydrogens (tertiary/aromatic N) is 4. The smallest absolute Gasteiger partial charge is 0.306 e. The molecule has 7 nitrogen and oxygen atoms in total.